The van der Waals surface area contributed by atoms with Crippen LogP contribution < -0.4 is 8.91 Å². The van der Waals surface area contributed by atoms with Crippen molar-refractivity contribution in [3.05, 3.63) is 72.3 Å². The molecular weight excluding hydrogens is 334 g/mol. The summed E-state index contributed by atoms with van der Waals surface area (Å²) in [6, 6.07) is 20.1. The fraction of sp³-hybridized carbons (Fsp3) is 0.200. The highest BCUT2D eigenvalue weighted by Gasteiger charge is 2.15. The summed E-state index contributed by atoms with van der Waals surface area (Å²) >= 11 is 0. The maximum atomic E-state index is 12.3. The van der Waals surface area contributed by atoms with Crippen LogP contribution in [0.2, 0.25) is 0 Å². The van der Waals surface area contributed by atoms with E-state index in [9.17, 15) is 8.42 Å². The lowest BCUT2D eigenvalue weighted by Gasteiger charge is -2.13. The Labute approximate surface area is 148 Å². The fourth-order valence-electron chi connectivity index (χ4n) is 2.79. The van der Waals surface area contributed by atoms with Gasteiger partial charge in [0.2, 0.25) is 0 Å². The molecule has 130 valence electrons. The zero-order valence-electron chi connectivity index (χ0n) is 14.1. The Morgan fingerprint density at radius 1 is 0.880 bits per heavy atom. The Kier molecular flexibility index (Phi) is 5.24. The zero-order valence-corrected chi connectivity index (χ0v) is 14.9. The van der Waals surface area contributed by atoms with Gasteiger partial charge in [0.15, 0.2) is 0 Å². The van der Waals surface area contributed by atoms with Crippen LogP contribution in [0.25, 0.3) is 10.8 Å². The van der Waals surface area contributed by atoms with Gasteiger partial charge in [-0.3, -0.25) is 4.72 Å². The quantitative estimate of drug-likeness (QED) is 0.654. The van der Waals surface area contributed by atoms with Crippen molar-refractivity contribution in [1.29, 1.82) is 0 Å². The molecule has 0 saturated carbocycles. The molecule has 0 spiro atoms. The number of hydrogen-bond donors (Lipinski definition) is 1. The molecule has 25 heavy (non-hydrogen) atoms. The molecule has 0 atom stereocenters. The summed E-state index contributed by atoms with van der Waals surface area (Å²) in [7, 11) is -3.96. The maximum absolute atomic E-state index is 12.3. The molecule has 0 bridgehead atoms. The molecule has 3 aromatic carbocycles. The van der Waals surface area contributed by atoms with E-state index in [1.54, 1.807) is 36.4 Å². The SMILES string of the molecule is CCCCc1ccc(NS(=O)(=O)Oc2ccccc2)c2ccccc12. The topological polar surface area (TPSA) is 55.4 Å². The minimum Gasteiger partial charge on any atom is -0.367 e. The predicted octanol–water partition coefficient (Wildman–Crippen LogP) is 4.92. The molecule has 0 aromatic heterocycles. The average molecular weight is 355 g/mol. The number of fused-ring (bicyclic) bond motifs is 1. The molecule has 5 heteroatoms. The minimum absolute atomic E-state index is 0.277. The highest BCUT2D eigenvalue weighted by molar-refractivity contribution is 7.88. The molecule has 0 heterocycles. The third-order valence-electron chi connectivity index (χ3n) is 4.00. The summed E-state index contributed by atoms with van der Waals surface area (Å²) in [5, 5.41) is 1.94. The largest absolute Gasteiger partial charge is 0.407 e. The van der Waals surface area contributed by atoms with Crippen LogP contribution in [-0.4, -0.2) is 8.42 Å². The molecule has 0 saturated heterocycles. The Bertz CT molecular complexity index is 953. The maximum Gasteiger partial charge on any atom is 0.407 e. The zero-order chi connectivity index (χ0) is 17.7. The van der Waals surface area contributed by atoms with Gasteiger partial charge in [0.25, 0.3) is 0 Å². The van der Waals surface area contributed by atoms with Gasteiger partial charge in [-0.1, -0.05) is 61.9 Å². The van der Waals surface area contributed by atoms with E-state index in [0.29, 0.717) is 5.69 Å². The monoisotopic (exact) mass is 355 g/mol. The number of unbranched alkanes of at least 4 members (excludes halogenated alkanes) is 1. The number of benzene rings is 3. The van der Waals surface area contributed by atoms with Crippen LogP contribution in [0.1, 0.15) is 25.3 Å². The average Bonchev–Trinajstić information content (AvgIpc) is 2.61. The van der Waals surface area contributed by atoms with E-state index >= 15 is 0 Å². The molecule has 0 aliphatic heterocycles. The summed E-state index contributed by atoms with van der Waals surface area (Å²) in [6.45, 7) is 2.16. The second-order valence-electron chi connectivity index (χ2n) is 5.87. The third kappa shape index (κ3) is 4.31. The van der Waals surface area contributed by atoms with Crippen molar-refractivity contribution >= 4 is 26.8 Å². The van der Waals surface area contributed by atoms with Gasteiger partial charge in [0, 0.05) is 5.39 Å². The number of anilines is 1. The highest BCUT2D eigenvalue weighted by Crippen LogP contribution is 2.29. The van der Waals surface area contributed by atoms with Crippen molar-refractivity contribution < 1.29 is 12.6 Å². The van der Waals surface area contributed by atoms with Crippen molar-refractivity contribution in [2.75, 3.05) is 4.72 Å². The lowest BCUT2D eigenvalue weighted by Crippen LogP contribution is -2.19. The first-order valence-electron chi connectivity index (χ1n) is 8.37. The molecule has 0 amide bonds. The Morgan fingerprint density at radius 3 is 2.28 bits per heavy atom. The summed E-state index contributed by atoms with van der Waals surface area (Å²) in [5.74, 6) is 0.277. The molecule has 0 aliphatic carbocycles. The standard InChI is InChI=1S/C20H21NO3S/c1-2-3-9-16-14-15-20(19-13-8-7-12-18(16)19)21-25(22,23)24-17-10-5-4-6-11-17/h4-8,10-15,21H,2-3,9H2,1H3. The van der Waals surface area contributed by atoms with Crippen molar-refractivity contribution in [2.24, 2.45) is 0 Å². The summed E-state index contributed by atoms with van der Waals surface area (Å²) in [4.78, 5) is 0. The van der Waals surface area contributed by atoms with Crippen molar-refractivity contribution in [3.8, 4) is 5.75 Å². The Balaban J connectivity index is 1.91. The van der Waals surface area contributed by atoms with Gasteiger partial charge in [0.05, 0.1) is 5.69 Å². The second-order valence-corrected chi connectivity index (χ2v) is 7.15. The molecule has 3 rings (SSSR count). The van der Waals surface area contributed by atoms with Gasteiger partial charge in [-0.2, -0.15) is 8.42 Å². The first-order valence-corrected chi connectivity index (χ1v) is 9.78. The van der Waals surface area contributed by atoms with E-state index < -0.39 is 10.3 Å². The van der Waals surface area contributed by atoms with Crippen LogP contribution in [0.5, 0.6) is 5.75 Å². The van der Waals surface area contributed by atoms with Gasteiger partial charge >= 0.3 is 10.3 Å². The number of para-hydroxylation sites is 1. The molecule has 1 N–H and O–H groups in total. The molecule has 0 radical (unpaired) electrons. The number of hydrogen-bond acceptors (Lipinski definition) is 3. The van der Waals surface area contributed by atoms with E-state index in [0.717, 1.165) is 30.0 Å². The van der Waals surface area contributed by atoms with Crippen molar-refractivity contribution in [2.45, 2.75) is 26.2 Å². The molecule has 0 unspecified atom stereocenters. The predicted molar refractivity (Wildman–Crippen MR) is 102 cm³/mol. The van der Waals surface area contributed by atoms with Gasteiger partial charge in [-0.05, 0) is 42.0 Å². The molecule has 0 aliphatic rings. The van der Waals surface area contributed by atoms with E-state index in [2.05, 4.69) is 11.6 Å². The van der Waals surface area contributed by atoms with E-state index in [1.165, 1.54) is 5.56 Å². The third-order valence-corrected chi connectivity index (χ3v) is 4.88. The lowest BCUT2D eigenvalue weighted by molar-refractivity contribution is 0.492. The number of nitrogens with one attached hydrogen (secondary N) is 1. The lowest BCUT2D eigenvalue weighted by atomic mass is 9.99. The number of rotatable bonds is 7. The first kappa shape index (κ1) is 17.3. The van der Waals surface area contributed by atoms with Gasteiger partial charge in [-0.15, -0.1) is 0 Å². The molecule has 3 aromatic rings. The van der Waals surface area contributed by atoms with E-state index in [-0.39, 0.29) is 5.75 Å². The molecule has 0 fully saturated rings. The summed E-state index contributed by atoms with van der Waals surface area (Å²) in [6.07, 6.45) is 3.20. The van der Waals surface area contributed by atoms with E-state index in [1.807, 2.05) is 30.3 Å². The summed E-state index contributed by atoms with van der Waals surface area (Å²) < 4.78 is 32.3. The van der Waals surface area contributed by atoms with Crippen LogP contribution in [0.15, 0.2) is 66.7 Å². The Hall–Kier alpha value is -2.53. The van der Waals surface area contributed by atoms with Gasteiger partial charge < -0.3 is 4.18 Å². The van der Waals surface area contributed by atoms with Gasteiger partial charge in [0.1, 0.15) is 5.75 Å². The van der Waals surface area contributed by atoms with Crippen LogP contribution in [0, 0.1) is 0 Å². The molecule has 4 nitrogen and oxygen atoms in total. The normalized spacial score (nSPS) is 11.4. The number of aryl methyl sites for hydroxylation is 1. The van der Waals surface area contributed by atoms with Crippen LogP contribution >= 0.6 is 0 Å². The minimum atomic E-state index is -3.96. The smallest absolute Gasteiger partial charge is 0.367 e. The first-order chi connectivity index (χ1) is 12.1. The van der Waals surface area contributed by atoms with Crippen molar-refractivity contribution in [3.63, 3.8) is 0 Å². The van der Waals surface area contributed by atoms with Crippen LogP contribution in [0.4, 0.5) is 5.69 Å². The fourth-order valence-corrected chi connectivity index (χ4v) is 3.65. The second kappa shape index (κ2) is 7.57. The van der Waals surface area contributed by atoms with Crippen LogP contribution in [0.3, 0.4) is 0 Å². The summed E-state index contributed by atoms with van der Waals surface area (Å²) in [5.41, 5.74) is 1.75. The Morgan fingerprint density at radius 2 is 1.56 bits per heavy atom. The van der Waals surface area contributed by atoms with Crippen LogP contribution in [-0.2, 0) is 16.7 Å². The molecular formula is C20H21NO3S. The van der Waals surface area contributed by atoms with Crippen molar-refractivity contribution in [1.82, 2.24) is 0 Å². The van der Waals surface area contributed by atoms with E-state index in [4.69, 9.17) is 4.18 Å². The highest BCUT2D eigenvalue weighted by atomic mass is 32.2. The van der Waals surface area contributed by atoms with Gasteiger partial charge in [-0.25, -0.2) is 0 Å².